The van der Waals surface area contributed by atoms with Crippen molar-refractivity contribution in [3.05, 3.63) is 64.7 Å². The summed E-state index contributed by atoms with van der Waals surface area (Å²) < 4.78 is 6.34. The molecule has 0 amide bonds. The highest BCUT2D eigenvalue weighted by molar-refractivity contribution is 5.88. The van der Waals surface area contributed by atoms with E-state index in [-0.39, 0.29) is 5.92 Å². The second kappa shape index (κ2) is 6.36. The first-order valence-electron chi connectivity index (χ1n) is 8.82. The van der Waals surface area contributed by atoms with E-state index in [1.54, 1.807) is 0 Å². The largest absolute Gasteiger partial charge is 0.460 e. The third-order valence-electron chi connectivity index (χ3n) is 5.16. The first kappa shape index (κ1) is 15.9. The van der Waals surface area contributed by atoms with E-state index in [0.29, 0.717) is 0 Å². The van der Waals surface area contributed by atoms with Crippen molar-refractivity contribution >= 4 is 16.8 Å². The number of nitrogens with zero attached hydrogens (tertiary/aromatic N) is 2. The number of benzene rings is 1. The van der Waals surface area contributed by atoms with Gasteiger partial charge in [-0.05, 0) is 55.7 Å². The molecule has 0 radical (unpaired) electrons. The summed E-state index contributed by atoms with van der Waals surface area (Å²) in [7, 11) is 0. The van der Waals surface area contributed by atoms with E-state index in [4.69, 9.17) is 4.42 Å². The topological polar surface area (TPSA) is 50.4 Å². The molecule has 1 aromatic carbocycles. The number of aromatic nitrogens is 1. The first-order valence-corrected chi connectivity index (χ1v) is 8.82. The van der Waals surface area contributed by atoms with Crippen LogP contribution in [0.15, 0.2) is 45.9 Å². The van der Waals surface area contributed by atoms with Crippen LogP contribution < -0.4 is 5.32 Å². The molecule has 1 atom stereocenters. The Hall–Kier alpha value is -2.62. The first-order chi connectivity index (χ1) is 12.1. The highest BCUT2D eigenvalue weighted by Crippen LogP contribution is 2.37. The van der Waals surface area contributed by atoms with Gasteiger partial charge in [0.05, 0.1) is 24.0 Å². The summed E-state index contributed by atoms with van der Waals surface area (Å²) in [4.78, 5) is 9.18. The summed E-state index contributed by atoms with van der Waals surface area (Å²) in [6.45, 7) is 8.24. The number of aliphatic imine (C=N–C) groups is 1. The number of hydrogen-bond acceptors (Lipinski definition) is 4. The van der Waals surface area contributed by atoms with Gasteiger partial charge in [-0.25, -0.2) is 0 Å². The van der Waals surface area contributed by atoms with Gasteiger partial charge in [0.15, 0.2) is 0 Å². The van der Waals surface area contributed by atoms with Gasteiger partial charge in [-0.15, -0.1) is 0 Å². The lowest BCUT2D eigenvalue weighted by Gasteiger charge is -2.15. The maximum Gasteiger partial charge on any atom is 0.134 e. The summed E-state index contributed by atoms with van der Waals surface area (Å²) >= 11 is 0. The van der Waals surface area contributed by atoms with Gasteiger partial charge in [-0.1, -0.05) is 12.1 Å². The van der Waals surface area contributed by atoms with Crippen LogP contribution in [0.4, 0.5) is 0 Å². The highest BCUT2D eigenvalue weighted by Gasteiger charge is 2.26. The molecule has 3 heterocycles. The van der Waals surface area contributed by atoms with Crippen LogP contribution in [0.2, 0.25) is 0 Å². The van der Waals surface area contributed by atoms with E-state index in [1.165, 1.54) is 22.1 Å². The maximum atomic E-state index is 6.34. The van der Waals surface area contributed by atoms with E-state index >= 15 is 0 Å². The predicted octanol–water partition coefficient (Wildman–Crippen LogP) is 4.28. The summed E-state index contributed by atoms with van der Waals surface area (Å²) in [5.74, 6) is 2.11. The fraction of sp³-hybridized carbons (Fsp3) is 0.333. The Kier molecular flexibility index (Phi) is 4.04. The van der Waals surface area contributed by atoms with E-state index < -0.39 is 0 Å². The lowest BCUT2D eigenvalue weighted by molar-refractivity contribution is 0.514. The van der Waals surface area contributed by atoms with Crippen molar-refractivity contribution in [2.24, 2.45) is 4.99 Å². The molecule has 0 saturated heterocycles. The van der Waals surface area contributed by atoms with Crippen molar-refractivity contribution in [3.8, 4) is 0 Å². The normalized spacial score (nSPS) is 15.2. The van der Waals surface area contributed by atoms with Crippen LogP contribution in [-0.4, -0.2) is 23.9 Å². The van der Waals surface area contributed by atoms with Crippen LogP contribution in [-0.2, 0) is 0 Å². The van der Waals surface area contributed by atoms with Gasteiger partial charge in [0.25, 0.3) is 0 Å². The molecule has 1 N–H and O–H groups in total. The number of pyridine rings is 1. The molecular weight excluding hydrogens is 310 g/mol. The molecule has 4 heteroatoms. The molecule has 0 fully saturated rings. The maximum absolute atomic E-state index is 6.34. The zero-order chi connectivity index (χ0) is 17.4. The lowest BCUT2D eigenvalue weighted by atomic mass is 9.92. The second-order valence-electron chi connectivity index (χ2n) is 6.74. The van der Waals surface area contributed by atoms with Gasteiger partial charge in [0.1, 0.15) is 11.3 Å². The zero-order valence-corrected chi connectivity index (χ0v) is 15.0. The van der Waals surface area contributed by atoms with E-state index in [0.717, 1.165) is 42.4 Å². The molecule has 25 heavy (non-hydrogen) atoms. The van der Waals surface area contributed by atoms with Crippen molar-refractivity contribution in [1.29, 1.82) is 0 Å². The Bertz CT molecular complexity index is 941. The Labute approximate surface area is 148 Å². The van der Waals surface area contributed by atoms with Gasteiger partial charge < -0.3 is 9.73 Å². The molecule has 1 unspecified atom stereocenters. The van der Waals surface area contributed by atoms with E-state index in [2.05, 4.69) is 54.3 Å². The van der Waals surface area contributed by atoms with Gasteiger partial charge in [-0.2, -0.15) is 0 Å². The van der Waals surface area contributed by atoms with Crippen molar-refractivity contribution in [2.45, 2.75) is 33.1 Å². The molecule has 0 saturated carbocycles. The van der Waals surface area contributed by atoms with Crippen molar-refractivity contribution in [2.75, 3.05) is 13.1 Å². The Morgan fingerprint density at radius 3 is 2.72 bits per heavy atom. The molecule has 4 nitrogen and oxygen atoms in total. The van der Waals surface area contributed by atoms with Crippen LogP contribution in [0.25, 0.3) is 11.0 Å². The van der Waals surface area contributed by atoms with Gasteiger partial charge in [0.2, 0.25) is 0 Å². The Morgan fingerprint density at radius 1 is 1.12 bits per heavy atom. The number of nitrogens with one attached hydrogen (secondary N) is 1. The van der Waals surface area contributed by atoms with Crippen LogP contribution in [0.5, 0.6) is 0 Å². The van der Waals surface area contributed by atoms with E-state index in [1.807, 2.05) is 18.3 Å². The monoisotopic (exact) mass is 333 g/mol. The molecule has 1 aliphatic rings. The fourth-order valence-electron chi connectivity index (χ4n) is 3.68. The molecule has 2 aromatic heterocycles. The van der Waals surface area contributed by atoms with Crippen LogP contribution in [0.3, 0.4) is 0 Å². The van der Waals surface area contributed by atoms with Crippen molar-refractivity contribution in [3.63, 3.8) is 0 Å². The molecule has 0 aliphatic carbocycles. The second-order valence-corrected chi connectivity index (χ2v) is 6.74. The van der Waals surface area contributed by atoms with Gasteiger partial charge >= 0.3 is 0 Å². The zero-order valence-electron chi connectivity index (χ0n) is 15.0. The third-order valence-corrected chi connectivity index (χ3v) is 5.16. The van der Waals surface area contributed by atoms with E-state index in [9.17, 15) is 0 Å². The standard InChI is InChI=1S/C21H23N3O/c1-13-7-8-18-20(14(13)2)15(3)21(25-18)16(12-19-23-10-11-24-19)17-6-4-5-9-22-17/h4-9,16H,10-12H2,1-3H3,(H,23,24). The van der Waals surface area contributed by atoms with Gasteiger partial charge in [-0.3, -0.25) is 9.98 Å². The van der Waals surface area contributed by atoms with Crippen LogP contribution in [0, 0.1) is 20.8 Å². The molecule has 4 rings (SSSR count). The lowest BCUT2D eigenvalue weighted by Crippen LogP contribution is -2.21. The van der Waals surface area contributed by atoms with Gasteiger partial charge in [0, 0.05) is 24.5 Å². The third kappa shape index (κ3) is 2.82. The number of aryl methyl sites for hydroxylation is 3. The minimum absolute atomic E-state index is 0.0673. The van der Waals surface area contributed by atoms with Crippen LogP contribution >= 0.6 is 0 Å². The summed E-state index contributed by atoms with van der Waals surface area (Å²) in [6, 6.07) is 10.3. The van der Waals surface area contributed by atoms with Crippen molar-refractivity contribution in [1.82, 2.24) is 10.3 Å². The molecule has 128 valence electrons. The number of furan rings is 1. The minimum atomic E-state index is 0.0673. The summed E-state index contributed by atoms with van der Waals surface area (Å²) in [6.07, 6.45) is 2.63. The van der Waals surface area contributed by atoms with Crippen molar-refractivity contribution < 1.29 is 4.42 Å². The summed E-state index contributed by atoms with van der Waals surface area (Å²) in [5.41, 5.74) is 5.78. The number of amidine groups is 1. The Balaban J connectivity index is 1.85. The highest BCUT2D eigenvalue weighted by atomic mass is 16.3. The van der Waals surface area contributed by atoms with Crippen LogP contribution in [0.1, 0.15) is 40.5 Å². The quantitative estimate of drug-likeness (QED) is 0.775. The predicted molar refractivity (Wildman–Crippen MR) is 101 cm³/mol. The molecule has 3 aromatic rings. The smallest absolute Gasteiger partial charge is 0.134 e. The molecule has 1 aliphatic heterocycles. The minimum Gasteiger partial charge on any atom is -0.460 e. The number of fused-ring (bicyclic) bond motifs is 1. The average Bonchev–Trinajstić information content (AvgIpc) is 3.25. The fourth-order valence-corrected chi connectivity index (χ4v) is 3.68. The average molecular weight is 333 g/mol. The Morgan fingerprint density at radius 2 is 2.00 bits per heavy atom. The SMILES string of the molecule is Cc1ccc2oc(C(CC3=NCCN3)c3ccccn3)c(C)c2c1C. The number of rotatable bonds is 4. The molecular formula is C21H23N3O. The molecule has 0 bridgehead atoms. The molecule has 0 spiro atoms. The number of hydrogen-bond donors (Lipinski definition) is 1. The summed E-state index contributed by atoms with van der Waals surface area (Å²) in [5, 5.41) is 4.61.